The van der Waals surface area contributed by atoms with Crippen LogP contribution in [0.4, 0.5) is 0 Å². The van der Waals surface area contributed by atoms with Crippen LogP contribution in [0.2, 0.25) is 0 Å². The van der Waals surface area contributed by atoms with E-state index < -0.39 is 0 Å². The highest BCUT2D eigenvalue weighted by Crippen LogP contribution is 2.39. The van der Waals surface area contributed by atoms with Crippen molar-refractivity contribution in [3.8, 4) is 0 Å². The minimum absolute atomic E-state index is 0.884. The summed E-state index contributed by atoms with van der Waals surface area (Å²) in [7, 11) is 0. The van der Waals surface area contributed by atoms with Gasteiger partial charge in [0, 0.05) is 0 Å². The Morgan fingerprint density at radius 1 is 1.15 bits per heavy atom. The third-order valence-electron chi connectivity index (χ3n) is 3.40. The monoisotopic (exact) mass is 170 g/mol. The lowest BCUT2D eigenvalue weighted by atomic mass is 9.85. The second kappa shape index (κ2) is 2.73. The molecule has 1 aromatic rings. The molecule has 1 unspecified atom stereocenters. The fourth-order valence-corrected chi connectivity index (χ4v) is 2.69. The second-order valence-electron chi connectivity index (χ2n) is 4.21. The summed E-state index contributed by atoms with van der Waals surface area (Å²) >= 11 is 0. The number of rotatable bonds is 0. The van der Waals surface area contributed by atoms with Crippen LogP contribution in [0.3, 0.4) is 0 Å². The van der Waals surface area contributed by atoms with Crippen molar-refractivity contribution in [2.45, 2.75) is 25.7 Å². The molecule has 0 aromatic heterocycles. The van der Waals surface area contributed by atoms with E-state index in [2.05, 4.69) is 30.3 Å². The lowest BCUT2D eigenvalue weighted by Gasteiger charge is -2.19. The fraction of sp³-hybridized carbons (Fsp3) is 0.385. The Labute approximate surface area is 79.3 Å². The van der Waals surface area contributed by atoms with Crippen LogP contribution in [0, 0.1) is 5.92 Å². The Bertz CT molecular complexity index is 360. The molecule has 0 bridgehead atoms. The molecular formula is C13H14. The van der Waals surface area contributed by atoms with E-state index in [4.69, 9.17) is 0 Å². The largest absolute Gasteiger partial charge is 0.0662 e. The normalized spacial score (nSPS) is 24.9. The third kappa shape index (κ3) is 1.13. The van der Waals surface area contributed by atoms with E-state index >= 15 is 0 Å². The molecule has 0 spiro atoms. The van der Waals surface area contributed by atoms with E-state index in [-0.39, 0.29) is 0 Å². The molecule has 1 aromatic carbocycles. The molecule has 1 saturated carbocycles. The molecule has 0 heterocycles. The van der Waals surface area contributed by atoms with Crippen molar-refractivity contribution < 1.29 is 0 Å². The van der Waals surface area contributed by atoms with Gasteiger partial charge in [-0.3, -0.25) is 0 Å². The second-order valence-corrected chi connectivity index (χ2v) is 4.21. The van der Waals surface area contributed by atoms with E-state index in [1.165, 1.54) is 31.2 Å². The topological polar surface area (TPSA) is 0 Å². The van der Waals surface area contributed by atoms with Crippen LogP contribution in [0.5, 0.6) is 0 Å². The molecule has 0 saturated heterocycles. The summed E-state index contributed by atoms with van der Waals surface area (Å²) in [5.74, 6) is 0.884. The highest BCUT2D eigenvalue weighted by atomic mass is 14.3. The summed E-state index contributed by atoms with van der Waals surface area (Å²) < 4.78 is 0. The van der Waals surface area contributed by atoms with Crippen molar-refractivity contribution in [1.82, 2.24) is 0 Å². The maximum atomic E-state index is 2.43. The molecule has 3 rings (SSSR count). The summed E-state index contributed by atoms with van der Waals surface area (Å²) in [6.07, 6.45) is 7.89. The summed E-state index contributed by atoms with van der Waals surface area (Å²) in [4.78, 5) is 0. The highest BCUT2D eigenvalue weighted by Gasteiger charge is 2.24. The van der Waals surface area contributed by atoms with Crippen molar-refractivity contribution in [3.05, 3.63) is 41.0 Å². The van der Waals surface area contributed by atoms with Crippen LogP contribution in [-0.2, 0) is 6.42 Å². The third-order valence-corrected chi connectivity index (χ3v) is 3.40. The van der Waals surface area contributed by atoms with Gasteiger partial charge in [0.2, 0.25) is 0 Å². The smallest absolute Gasteiger partial charge is 0.0159 e. The minimum Gasteiger partial charge on any atom is -0.0662 e. The van der Waals surface area contributed by atoms with Gasteiger partial charge in [0.05, 0.1) is 0 Å². The number of benzene rings is 1. The zero-order valence-corrected chi connectivity index (χ0v) is 7.79. The summed E-state index contributed by atoms with van der Waals surface area (Å²) in [5.41, 5.74) is 4.73. The molecule has 0 aliphatic heterocycles. The van der Waals surface area contributed by atoms with Crippen molar-refractivity contribution in [1.29, 1.82) is 0 Å². The molecule has 0 heteroatoms. The van der Waals surface area contributed by atoms with Crippen molar-refractivity contribution in [3.63, 3.8) is 0 Å². The Kier molecular flexibility index (Phi) is 1.55. The van der Waals surface area contributed by atoms with Crippen LogP contribution in [-0.4, -0.2) is 0 Å². The van der Waals surface area contributed by atoms with Gasteiger partial charge in [0.1, 0.15) is 0 Å². The zero-order chi connectivity index (χ0) is 8.67. The van der Waals surface area contributed by atoms with E-state index in [0.717, 1.165) is 5.92 Å². The van der Waals surface area contributed by atoms with Crippen molar-refractivity contribution >= 4 is 6.08 Å². The van der Waals surface area contributed by atoms with Crippen LogP contribution in [0.1, 0.15) is 30.4 Å². The van der Waals surface area contributed by atoms with Crippen LogP contribution in [0.25, 0.3) is 6.08 Å². The Hall–Kier alpha value is -1.04. The van der Waals surface area contributed by atoms with E-state index in [0.29, 0.717) is 0 Å². The number of hydrogen-bond donors (Lipinski definition) is 0. The fourth-order valence-electron chi connectivity index (χ4n) is 2.69. The van der Waals surface area contributed by atoms with Crippen molar-refractivity contribution in [2.75, 3.05) is 0 Å². The van der Waals surface area contributed by atoms with Gasteiger partial charge in [0.15, 0.2) is 0 Å². The average molecular weight is 170 g/mol. The molecule has 2 aliphatic carbocycles. The van der Waals surface area contributed by atoms with Crippen LogP contribution in [0.15, 0.2) is 29.8 Å². The summed E-state index contributed by atoms with van der Waals surface area (Å²) in [6.45, 7) is 0. The first kappa shape index (κ1) is 7.37. The van der Waals surface area contributed by atoms with Crippen LogP contribution >= 0.6 is 0 Å². The maximum Gasteiger partial charge on any atom is -0.0159 e. The minimum atomic E-state index is 0.884. The van der Waals surface area contributed by atoms with Gasteiger partial charge in [-0.25, -0.2) is 0 Å². The lowest BCUT2D eigenvalue weighted by Crippen LogP contribution is -2.07. The van der Waals surface area contributed by atoms with Crippen LogP contribution < -0.4 is 0 Å². The Morgan fingerprint density at radius 2 is 2.08 bits per heavy atom. The first-order valence-corrected chi connectivity index (χ1v) is 5.22. The first-order chi connectivity index (χ1) is 6.43. The number of hydrogen-bond acceptors (Lipinski definition) is 0. The van der Waals surface area contributed by atoms with Gasteiger partial charge < -0.3 is 0 Å². The van der Waals surface area contributed by atoms with Gasteiger partial charge in [-0.15, -0.1) is 0 Å². The lowest BCUT2D eigenvalue weighted by molar-refractivity contribution is 0.620. The van der Waals surface area contributed by atoms with Gasteiger partial charge >= 0.3 is 0 Å². The van der Waals surface area contributed by atoms with E-state index in [1.54, 1.807) is 11.1 Å². The van der Waals surface area contributed by atoms with Gasteiger partial charge in [-0.2, -0.15) is 0 Å². The standard InChI is InChI=1S/C13H14/c1-2-5-11-9-13-7-3-6-12(13)8-10(11)4-1/h1-2,4-5,8,13H,3,6-7,9H2. The molecular weight excluding hydrogens is 156 g/mol. The molecule has 0 nitrogen and oxygen atoms in total. The average Bonchev–Trinajstić information content (AvgIpc) is 2.61. The molecule has 0 radical (unpaired) electrons. The summed E-state index contributed by atoms with van der Waals surface area (Å²) in [5, 5.41) is 0. The highest BCUT2D eigenvalue weighted by molar-refractivity contribution is 5.60. The molecule has 66 valence electrons. The molecule has 1 fully saturated rings. The molecule has 0 N–H and O–H groups in total. The van der Waals surface area contributed by atoms with E-state index in [9.17, 15) is 0 Å². The van der Waals surface area contributed by atoms with Gasteiger partial charge in [-0.05, 0) is 42.7 Å². The Morgan fingerprint density at radius 3 is 3.08 bits per heavy atom. The van der Waals surface area contributed by atoms with Gasteiger partial charge in [0.25, 0.3) is 0 Å². The zero-order valence-electron chi connectivity index (χ0n) is 7.79. The van der Waals surface area contributed by atoms with Gasteiger partial charge in [-0.1, -0.05) is 35.9 Å². The van der Waals surface area contributed by atoms with Crippen molar-refractivity contribution in [2.24, 2.45) is 5.92 Å². The number of fused-ring (bicyclic) bond motifs is 2. The predicted octanol–water partition coefficient (Wildman–Crippen LogP) is 3.43. The first-order valence-electron chi connectivity index (χ1n) is 5.22. The quantitative estimate of drug-likeness (QED) is 0.559. The molecule has 13 heavy (non-hydrogen) atoms. The number of allylic oxidation sites excluding steroid dienone is 1. The maximum absolute atomic E-state index is 2.43. The summed E-state index contributed by atoms with van der Waals surface area (Å²) in [6, 6.07) is 8.83. The SMILES string of the molecule is C1=C2CCCC2Cc2ccccc21. The predicted molar refractivity (Wildman–Crippen MR) is 55.5 cm³/mol. The molecule has 1 atom stereocenters. The Balaban J connectivity index is 2.10. The molecule has 0 amide bonds. The molecule has 2 aliphatic rings. The van der Waals surface area contributed by atoms with E-state index in [1.807, 2.05) is 0 Å².